The maximum Gasteiger partial charge on any atom is 0.305 e. The second-order valence-electron chi connectivity index (χ2n) is 1.21. The van der Waals surface area contributed by atoms with E-state index in [0.717, 1.165) is 12.6 Å². The third kappa shape index (κ3) is 0.819. The molecule has 0 aromatic carbocycles. The average Bonchev–Trinajstić information content (AvgIpc) is 1.84. The molecule has 0 amide bonds. The molecular weight excluding hydrogens is 96.0 g/mol. The predicted molar refractivity (Wildman–Crippen MR) is 24.2 cm³/mol. The van der Waals surface area contributed by atoms with Crippen LogP contribution in [0.3, 0.4) is 0 Å². The Morgan fingerprint density at radius 2 is 2.14 bits per heavy atom. The van der Waals surface area contributed by atoms with Crippen molar-refractivity contribution in [2.75, 3.05) is 0 Å². The van der Waals surface area contributed by atoms with Gasteiger partial charge in [0.25, 0.3) is 0 Å². The largest absolute Gasteiger partial charge is 0.343 e. The molecule has 0 unspecified atom stereocenters. The van der Waals surface area contributed by atoms with Gasteiger partial charge in [0.05, 0.1) is 6.21 Å². The molecule has 0 aliphatic carbocycles. The highest BCUT2D eigenvalue weighted by atomic mass is 16.5. The maximum absolute atomic E-state index is 8.40. The molecule has 4 heteroatoms. The zero-order valence-corrected chi connectivity index (χ0v) is 3.44. The smallest absolute Gasteiger partial charge is 0.305 e. The van der Waals surface area contributed by atoms with Crippen molar-refractivity contribution in [1.82, 2.24) is 0 Å². The SMILES string of the molecule is OC1(O)C=NC=N1. The van der Waals surface area contributed by atoms with Gasteiger partial charge in [0.2, 0.25) is 0 Å². The van der Waals surface area contributed by atoms with E-state index < -0.39 is 5.91 Å². The lowest BCUT2D eigenvalue weighted by Gasteiger charge is -2.01. The van der Waals surface area contributed by atoms with Gasteiger partial charge in [0, 0.05) is 0 Å². The summed E-state index contributed by atoms with van der Waals surface area (Å²) in [6.45, 7) is 0. The molecule has 7 heavy (non-hydrogen) atoms. The first-order valence-corrected chi connectivity index (χ1v) is 1.73. The Balaban J connectivity index is 2.77. The molecule has 2 N–H and O–H groups in total. The molecule has 1 aliphatic heterocycles. The lowest BCUT2D eigenvalue weighted by Crippen LogP contribution is -2.23. The number of hydrogen-bond acceptors (Lipinski definition) is 4. The minimum Gasteiger partial charge on any atom is -0.343 e. The summed E-state index contributed by atoms with van der Waals surface area (Å²) in [5.74, 6) is -2.03. The zero-order valence-electron chi connectivity index (χ0n) is 3.44. The van der Waals surface area contributed by atoms with E-state index in [4.69, 9.17) is 10.2 Å². The van der Waals surface area contributed by atoms with Crippen LogP contribution in [0.25, 0.3) is 0 Å². The van der Waals surface area contributed by atoms with Crippen molar-refractivity contribution < 1.29 is 10.2 Å². The van der Waals surface area contributed by atoms with Crippen LogP contribution < -0.4 is 0 Å². The van der Waals surface area contributed by atoms with Crippen LogP contribution in [0.15, 0.2) is 9.98 Å². The third-order valence-electron chi connectivity index (χ3n) is 0.562. The molecule has 0 spiro atoms. The molecule has 38 valence electrons. The summed E-state index contributed by atoms with van der Waals surface area (Å²) in [5.41, 5.74) is 0. The van der Waals surface area contributed by atoms with Crippen LogP contribution in [-0.4, -0.2) is 28.7 Å². The molecular formula is C3H4N2O2. The van der Waals surface area contributed by atoms with Gasteiger partial charge in [-0.15, -0.1) is 0 Å². The molecule has 0 bridgehead atoms. The summed E-state index contributed by atoms with van der Waals surface area (Å²) in [6, 6.07) is 0. The molecule has 0 atom stereocenters. The first-order chi connectivity index (χ1) is 3.21. The normalized spacial score (nSPS) is 23.7. The van der Waals surface area contributed by atoms with Crippen LogP contribution in [0.1, 0.15) is 0 Å². The van der Waals surface area contributed by atoms with Crippen LogP contribution in [0.5, 0.6) is 0 Å². The molecule has 0 aromatic rings. The van der Waals surface area contributed by atoms with Gasteiger partial charge >= 0.3 is 5.91 Å². The predicted octanol–water partition coefficient (Wildman–Crippen LogP) is -1.26. The van der Waals surface area contributed by atoms with Gasteiger partial charge in [-0.2, -0.15) is 0 Å². The third-order valence-corrected chi connectivity index (χ3v) is 0.562. The minimum atomic E-state index is -2.03. The fraction of sp³-hybridized carbons (Fsp3) is 0.333. The van der Waals surface area contributed by atoms with E-state index in [1.807, 2.05) is 0 Å². The van der Waals surface area contributed by atoms with E-state index in [1.54, 1.807) is 0 Å². The van der Waals surface area contributed by atoms with Crippen LogP contribution in [-0.2, 0) is 0 Å². The van der Waals surface area contributed by atoms with Crippen molar-refractivity contribution in [3.63, 3.8) is 0 Å². The molecule has 0 aromatic heterocycles. The highest BCUT2D eigenvalue weighted by molar-refractivity contribution is 5.82. The Kier molecular flexibility index (Phi) is 0.703. The highest BCUT2D eigenvalue weighted by Crippen LogP contribution is 1.99. The number of aliphatic hydroxyl groups is 2. The second kappa shape index (κ2) is 1.11. The minimum absolute atomic E-state index is 0.938. The van der Waals surface area contributed by atoms with Gasteiger partial charge in [-0.05, 0) is 0 Å². The molecule has 0 radical (unpaired) electrons. The summed E-state index contributed by atoms with van der Waals surface area (Å²) in [5, 5.41) is 16.8. The second-order valence-corrected chi connectivity index (χ2v) is 1.21. The van der Waals surface area contributed by atoms with Gasteiger partial charge in [-0.1, -0.05) is 0 Å². The molecule has 1 aliphatic rings. The number of hydrogen-bond donors (Lipinski definition) is 2. The van der Waals surface area contributed by atoms with Crippen molar-refractivity contribution in [1.29, 1.82) is 0 Å². The topological polar surface area (TPSA) is 65.2 Å². The lowest BCUT2D eigenvalue weighted by atomic mass is 10.6. The number of aliphatic imine (C=N–C) groups is 2. The molecule has 0 fully saturated rings. The Morgan fingerprint density at radius 1 is 1.43 bits per heavy atom. The van der Waals surface area contributed by atoms with Crippen molar-refractivity contribution in [2.24, 2.45) is 9.98 Å². The van der Waals surface area contributed by atoms with Crippen LogP contribution in [0, 0.1) is 0 Å². The molecule has 4 nitrogen and oxygen atoms in total. The monoisotopic (exact) mass is 100 g/mol. The maximum atomic E-state index is 8.40. The average molecular weight is 100 g/mol. The first kappa shape index (κ1) is 4.42. The van der Waals surface area contributed by atoms with Crippen molar-refractivity contribution in [2.45, 2.75) is 5.91 Å². The van der Waals surface area contributed by atoms with Crippen molar-refractivity contribution in [3.05, 3.63) is 0 Å². The Labute approximate surface area is 39.8 Å². The molecule has 0 saturated heterocycles. The van der Waals surface area contributed by atoms with Crippen LogP contribution in [0.2, 0.25) is 0 Å². The molecule has 1 heterocycles. The van der Waals surface area contributed by atoms with Gasteiger partial charge < -0.3 is 10.2 Å². The number of rotatable bonds is 0. The zero-order chi connectivity index (χ0) is 5.33. The lowest BCUT2D eigenvalue weighted by molar-refractivity contribution is -0.0831. The Bertz CT molecular complexity index is 113. The van der Waals surface area contributed by atoms with E-state index in [0.29, 0.717) is 0 Å². The first-order valence-electron chi connectivity index (χ1n) is 1.73. The van der Waals surface area contributed by atoms with Gasteiger partial charge in [0.15, 0.2) is 0 Å². The van der Waals surface area contributed by atoms with Crippen LogP contribution >= 0.6 is 0 Å². The van der Waals surface area contributed by atoms with Gasteiger partial charge in [-0.3, -0.25) is 0 Å². The molecule has 1 rings (SSSR count). The van der Waals surface area contributed by atoms with E-state index in [2.05, 4.69) is 9.98 Å². The molecule has 0 saturated carbocycles. The summed E-state index contributed by atoms with van der Waals surface area (Å²) < 4.78 is 0. The van der Waals surface area contributed by atoms with Crippen molar-refractivity contribution >= 4 is 12.6 Å². The van der Waals surface area contributed by atoms with E-state index in [9.17, 15) is 0 Å². The van der Waals surface area contributed by atoms with Gasteiger partial charge in [-0.25, -0.2) is 9.98 Å². The fourth-order valence-corrected chi connectivity index (χ4v) is 0.285. The van der Waals surface area contributed by atoms with E-state index >= 15 is 0 Å². The van der Waals surface area contributed by atoms with Crippen LogP contribution in [0.4, 0.5) is 0 Å². The standard InChI is InChI=1S/C3H4N2O2/c6-3(7)1-4-2-5-3/h1-2,6-7H. The summed E-state index contributed by atoms with van der Waals surface area (Å²) >= 11 is 0. The van der Waals surface area contributed by atoms with E-state index in [1.165, 1.54) is 0 Å². The summed E-state index contributed by atoms with van der Waals surface area (Å²) in [4.78, 5) is 6.45. The Morgan fingerprint density at radius 3 is 2.29 bits per heavy atom. The Hall–Kier alpha value is -0.740. The van der Waals surface area contributed by atoms with E-state index in [-0.39, 0.29) is 0 Å². The van der Waals surface area contributed by atoms with Gasteiger partial charge in [0.1, 0.15) is 6.34 Å². The summed E-state index contributed by atoms with van der Waals surface area (Å²) in [6.07, 6.45) is 2.02. The summed E-state index contributed by atoms with van der Waals surface area (Å²) in [7, 11) is 0. The quantitative estimate of drug-likeness (QED) is 0.373. The fourth-order valence-electron chi connectivity index (χ4n) is 0.285. The highest BCUT2D eigenvalue weighted by Gasteiger charge is 2.19. The van der Waals surface area contributed by atoms with Crippen molar-refractivity contribution in [3.8, 4) is 0 Å². The number of nitrogens with zero attached hydrogens (tertiary/aromatic N) is 2.